The first kappa shape index (κ1) is 19.5. The van der Waals surface area contributed by atoms with Crippen LogP contribution in [0.1, 0.15) is 48.9 Å². The number of benzene rings is 1. The van der Waals surface area contributed by atoms with E-state index in [1.54, 1.807) is 12.1 Å². The summed E-state index contributed by atoms with van der Waals surface area (Å²) in [5, 5.41) is 3.03. The lowest BCUT2D eigenvalue weighted by molar-refractivity contribution is -0.126. The number of esters is 1. The third-order valence-corrected chi connectivity index (χ3v) is 7.22. The average molecular weight is 415 g/mol. The van der Waals surface area contributed by atoms with Crippen molar-refractivity contribution < 1.29 is 28.5 Å². The Morgan fingerprint density at radius 1 is 1.07 bits per heavy atom. The molecule has 1 N–H and O–H groups in total. The molecule has 1 aliphatic heterocycles. The van der Waals surface area contributed by atoms with E-state index < -0.39 is 5.97 Å². The average Bonchev–Trinajstić information content (AvgIpc) is 2.74. The number of hydrogen-bond acceptors (Lipinski definition) is 6. The Kier molecular flexibility index (Phi) is 4.99. The molecule has 1 amide bonds. The molecule has 1 aromatic rings. The topological polar surface area (TPSA) is 83.1 Å². The van der Waals surface area contributed by atoms with Crippen molar-refractivity contribution in [3.05, 3.63) is 17.7 Å². The Bertz CT molecular complexity index is 798. The number of carbonyl (C=O) groups excluding carboxylic acids is 2. The highest BCUT2D eigenvalue weighted by atomic mass is 16.6. The number of methoxy groups -OCH3 is 1. The largest absolute Gasteiger partial charge is 0.493 e. The second-order valence-corrected chi connectivity index (χ2v) is 9.47. The normalized spacial score (nSPS) is 30.6. The Morgan fingerprint density at radius 2 is 1.73 bits per heavy atom. The molecule has 0 aromatic heterocycles. The summed E-state index contributed by atoms with van der Waals surface area (Å²) >= 11 is 0. The summed E-state index contributed by atoms with van der Waals surface area (Å²) in [5.74, 6) is 3.03. The second kappa shape index (κ2) is 7.67. The molecule has 0 atom stereocenters. The van der Waals surface area contributed by atoms with Crippen LogP contribution in [0.25, 0.3) is 0 Å². The number of carbonyl (C=O) groups is 2. The van der Waals surface area contributed by atoms with E-state index >= 15 is 0 Å². The maximum atomic E-state index is 12.5. The molecule has 7 nitrogen and oxygen atoms in total. The van der Waals surface area contributed by atoms with Gasteiger partial charge in [-0.1, -0.05) is 0 Å². The van der Waals surface area contributed by atoms with Crippen LogP contribution in [0.4, 0.5) is 0 Å². The van der Waals surface area contributed by atoms with Crippen molar-refractivity contribution in [2.75, 3.05) is 33.5 Å². The number of hydrogen-bond donors (Lipinski definition) is 1. The smallest absolute Gasteiger partial charge is 0.338 e. The van der Waals surface area contributed by atoms with Gasteiger partial charge in [-0.25, -0.2) is 4.79 Å². The number of ether oxygens (including phenoxy) is 4. The third kappa shape index (κ3) is 3.70. The highest BCUT2D eigenvalue weighted by Gasteiger charge is 2.50. The molecule has 4 fully saturated rings. The molecule has 5 aliphatic rings. The molecule has 4 aliphatic carbocycles. The van der Waals surface area contributed by atoms with E-state index in [0.29, 0.717) is 37.0 Å². The number of rotatable bonds is 6. The van der Waals surface area contributed by atoms with Gasteiger partial charge in [0.25, 0.3) is 5.91 Å². The zero-order chi connectivity index (χ0) is 20.7. The van der Waals surface area contributed by atoms with Crippen LogP contribution in [-0.4, -0.2) is 45.4 Å². The van der Waals surface area contributed by atoms with Crippen LogP contribution < -0.4 is 19.5 Å². The lowest BCUT2D eigenvalue weighted by Crippen LogP contribution is -2.51. The molecule has 1 aromatic carbocycles. The van der Waals surface area contributed by atoms with Crippen molar-refractivity contribution in [1.29, 1.82) is 0 Å². The van der Waals surface area contributed by atoms with E-state index in [1.165, 1.54) is 45.6 Å². The Balaban J connectivity index is 1.16. The van der Waals surface area contributed by atoms with E-state index in [0.717, 1.165) is 17.8 Å². The predicted octanol–water partition coefficient (Wildman–Crippen LogP) is 2.96. The second-order valence-electron chi connectivity index (χ2n) is 9.47. The molecule has 0 saturated heterocycles. The molecule has 0 spiro atoms. The SMILES string of the molecule is COc1cc(C(=O)OCC(=O)NCC23CC4CC(CC(C4)C2)C3)cc2c1OCCO2. The Morgan fingerprint density at radius 3 is 2.40 bits per heavy atom. The summed E-state index contributed by atoms with van der Waals surface area (Å²) in [6.45, 7) is 1.24. The lowest BCUT2D eigenvalue weighted by Gasteiger charge is -2.56. The van der Waals surface area contributed by atoms with Crippen molar-refractivity contribution in [2.45, 2.75) is 38.5 Å². The van der Waals surface area contributed by atoms with Crippen molar-refractivity contribution in [3.63, 3.8) is 0 Å². The number of fused-ring (bicyclic) bond motifs is 1. The van der Waals surface area contributed by atoms with Gasteiger partial charge in [-0.05, 0) is 73.8 Å². The molecular weight excluding hydrogens is 386 g/mol. The molecule has 7 heteroatoms. The van der Waals surface area contributed by atoms with Gasteiger partial charge in [0, 0.05) is 6.54 Å². The summed E-state index contributed by atoms with van der Waals surface area (Å²) in [6.07, 6.45) is 7.83. The molecule has 4 bridgehead atoms. The van der Waals surface area contributed by atoms with Crippen LogP contribution in [0.3, 0.4) is 0 Å². The summed E-state index contributed by atoms with van der Waals surface area (Å²) < 4.78 is 21.6. The van der Waals surface area contributed by atoms with Crippen LogP contribution in [0.5, 0.6) is 17.2 Å². The van der Waals surface area contributed by atoms with Crippen LogP contribution in [0, 0.1) is 23.2 Å². The van der Waals surface area contributed by atoms with Crippen molar-refractivity contribution in [2.24, 2.45) is 23.2 Å². The fraction of sp³-hybridized carbons (Fsp3) is 0.652. The highest BCUT2D eigenvalue weighted by molar-refractivity contribution is 5.92. The van der Waals surface area contributed by atoms with Crippen LogP contribution >= 0.6 is 0 Å². The summed E-state index contributed by atoms with van der Waals surface area (Å²) in [7, 11) is 1.50. The minimum atomic E-state index is -0.588. The van der Waals surface area contributed by atoms with Gasteiger partial charge in [-0.3, -0.25) is 4.79 Å². The summed E-state index contributed by atoms with van der Waals surface area (Å²) in [6, 6.07) is 3.11. The lowest BCUT2D eigenvalue weighted by atomic mass is 9.49. The molecule has 162 valence electrons. The van der Waals surface area contributed by atoms with Gasteiger partial charge in [0.1, 0.15) is 13.2 Å². The molecule has 30 heavy (non-hydrogen) atoms. The molecule has 0 unspecified atom stereocenters. The molecule has 6 rings (SSSR count). The monoisotopic (exact) mass is 415 g/mol. The van der Waals surface area contributed by atoms with Gasteiger partial charge in [0.15, 0.2) is 18.1 Å². The summed E-state index contributed by atoms with van der Waals surface area (Å²) in [5.41, 5.74) is 0.530. The predicted molar refractivity (Wildman–Crippen MR) is 108 cm³/mol. The highest BCUT2D eigenvalue weighted by Crippen LogP contribution is 2.59. The first-order valence-corrected chi connectivity index (χ1v) is 10.9. The fourth-order valence-electron chi connectivity index (χ4n) is 6.45. The number of amides is 1. The third-order valence-electron chi connectivity index (χ3n) is 7.22. The molecule has 1 heterocycles. The van der Waals surface area contributed by atoms with E-state index in [9.17, 15) is 9.59 Å². The first-order chi connectivity index (χ1) is 14.5. The van der Waals surface area contributed by atoms with Crippen LogP contribution in [0.15, 0.2) is 12.1 Å². The minimum absolute atomic E-state index is 0.247. The Hall–Kier alpha value is -2.44. The van der Waals surface area contributed by atoms with E-state index in [2.05, 4.69) is 5.32 Å². The van der Waals surface area contributed by atoms with Gasteiger partial charge >= 0.3 is 5.97 Å². The van der Waals surface area contributed by atoms with Gasteiger partial charge in [0.05, 0.1) is 12.7 Å². The quantitative estimate of drug-likeness (QED) is 0.720. The molecule has 0 radical (unpaired) electrons. The summed E-state index contributed by atoms with van der Waals surface area (Å²) in [4.78, 5) is 24.8. The zero-order valence-electron chi connectivity index (χ0n) is 17.4. The maximum absolute atomic E-state index is 12.5. The molecular formula is C23H29NO6. The van der Waals surface area contributed by atoms with Crippen LogP contribution in [-0.2, 0) is 9.53 Å². The van der Waals surface area contributed by atoms with Gasteiger partial charge < -0.3 is 24.3 Å². The van der Waals surface area contributed by atoms with E-state index in [4.69, 9.17) is 18.9 Å². The van der Waals surface area contributed by atoms with Crippen molar-refractivity contribution in [3.8, 4) is 17.2 Å². The van der Waals surface area contributed by atoms with Crippen LogP contribution in [0.2, 0.25) is 0 Å². The fourth-order valence-corrected chi connectivity index (χ4v) is 6.45. The first-order valence-electron chi connectivity index (χ1n) is 10.9. The van der Waals surface area contributed by atoms with Gasteiger partial charge in [-0.2, -0.15) is 0 Å². The maximum Gasteiger partial charge on any atom is 0.338 e. The van der Waals surface area contributed by atoms with E-state index in [1.807, 2.05) is 0 Å². The molecule has 4 saturated carbocycles. The van der Waals surface area contributed by atoms with Crippen molar-refractivity contribution >= 4 is 11.9 Å². The standard InChI is InChI=1S/C23H29NO6/c1-27-18-7-17(8-19-21(18)29-3-2-28-19)22(26)30-12-20(25)24-13-23-9-14-4-15(10-23)6-16(5-14)11-23/h7-8,14-16H,2-6,9-13H2,1H3,(H,24,25). The number of nitrogens with one attached hydrogen (secondary N) is 1. The van der Waals surface area contributed by atoms with E-state index in [-0.39, 0.29) is 23.5 Å². The van der Waals surface area contributed by atoms with Gasteiger partial charge in [-0.15, -0.1) is 0 Å². The zero-order valence-corrected chi connectivity index (χ0v) is 17.4. The van der Waals surface area contributed by atoms with Crippen molar-refractivity contribution in [1.82, 2.24) is 5.32 Å². The van der Waals surface area contributed by atoms with Gasteiger partial charge in [0.2, 0.25) is 5.75 Å². The minimum Gasteiger partial charge on any atom is -0.493 e. The Labute approximate surface area is 176 Å².